The molecule has 2 aromatic rings. The summed E-state index contributed by atoms with van der Waals surface area (Å²) in [5.74, 6) is -0.0105. The molecule has 0 aliphatic heterocycles. The van der Waals surface area contributed by atoms with E-state index in [9.17, 15) is 4.79 Å². The Morgan fingerprint density at radius 2 is 1.94 bits per heavy atom. The van der Waals surface area contributed by atoms with E-state index in [-0.39, 0.29) is 5.97 Å². The van der Waals surface area contributed by atoms with E-state index in [4.69, 9.17) is 9.15 Å². The number of para-hydroxylation sites is 1. The third kappa shape index (κ3) is 2.73. The largest absolute Gasteiger partial charge is 0.460 e. The van der Waals surface area contributed by atoms with Gasteiger partial charge in [0.1, 0.15) is 22.9 Å². The number of carbonyl (C=O) groups excluding carboxylic acids is 1. The Balaban J connectivity index is 2.23. The first-order chi connectivity index (χ1) is 8.37. The lowest BCUT2D eigenvalue weighted by Gasteiger charge is -2.21. The molecule has 3 heteroatoms. The first-order valence-electron chi connectivity index (χ1n) is 6.08. The Hall–Kier alpha value is -1.77. The van der Waals surface area contributed by atoms with Crippen LogP contribution >= 0.6 is 0 Å². The van der Waals surface area contributed by atoms with E-state index >= 15 is 0 Å². The topological polar surface area (TPSA) is 39.4 Å². The molecule has 3 nitrogen and oxygen atoms in total. The van der Waals surface area contributed by atoms with E-state index in [1.54, 1.807) is 6.92 Å². The van der Waals surface area contributed by atoms with Crippen molar-refractivity contribution < 1.29 is 13.9 Å². The quantitative estimate of drug-likeness (QED) is 0.755. The van der Waals surface area contributed by atoms with Gasteiger partial charge in [0.15, 0.2) is 0 Å². The van der Waals surface area contributed by atoms with Gasteiger partial charge in [0.2, 0.25) is 0 Å². The summed E-state index contributed by atoms with van der Waals surface area (Å²) in [5.41, 5.74) is 0.320. The van der Waals surface area contributed by atoms with Gasteiger partial charge in [-0.1, -0.05) is 18.2 Å². The van der Waals surface area contributed by atoms with Crippen molar-refractivity contribution in [3.8, 4) is 0 Å². The number of hydrogen-bond acceptors (Lipinski definition) is 3. The Morgan fingerprint density at radius 3 is 2.56 bits per heavy atom. The number of esters is 1. The van der Waals surface area contributed by atoms with Gasteiger partial charge in [-0.25, -0.2) is 0 Å². The number of ether oxygens (including phenoxy) is 1. The van der Waals surface area contributed by atoms with Crippen LogP contribution in [0.2, 0.25) is 0 Å². The zero-order valence-electron chi connectivity index (χ0n) is 11.2. The molecule has 1 aromatic heterocycles. The van der Waals surface area contributed by atoms with Gasteiger partial charge in [-0.05, 0) is 39.8 Å². The highest BCUT2D eigenvalue weighted by atomic mass is 16.6. The summed E-state index contributed by atoms with van der Waals surface area (Å²) in [7, 11) is 0. The minimum Gasteiger partial charge on any atom is -0.460 e. The van der Waals surface area contributed by atoms with Crippen molar-refractivity contribution in [2.75, 3.05) is 0 Å². The highest BCUT2D eigenvalue weighted by molar-refractivity contribution is 5.82. The maximum atomic E-state index is 12.0. The van der Waals surface area contributed by atoms with Crippen molar-refractivity contribution in [1.82, 2.24) is 0 Å². The van der Waals surface area contributed by atoms with Crippen molar-refractivity contribution in [1.29, 1.82) is 0 Å². The molecule has 0 radical (unpaired) electrons. The van der Waals surface area contributed by atoms with Gasteiger partial charge in [0.05, 0.1) is 0 Å². The summed E-state index contributed by atoms with van der Waals surface area (Å²) in [6, 6.07) is 9.60. The Morgan fingerprint density at radius 1 is 1.28 bits per heavy atom. The third-order valence-electron chi connectivity index (χ3n) is 2.63. The molecule has 0 aliphatic rings. The van der Waals surface area contributed by atoms with Crippen molar-refractivity contribution in [3.05, 3.63) is 36.1 Å². The average molecular weight is 246 g/mol. The van der Waals surface area contributed by atoms with Gasteiger partial charge in [-0.3, -0.25) is 4.79 Å². The SMILES string of the molecule is CC(C(=O)OC(C)(C)C)c1cc2ccccc2o1. The highest BCUT2D eigenvalue weighted by Crippen LogP contribution is 2.26. The second-order valence-corrected chi connectivity index (χ2v) is 5.44. The second-order valence-electron chi connectivity index (χ2n) is 5.44. The maximum Gasteiger partial charge on any atom is 0.316 e. The monoisotopic (exact) mass is 246 g/mol. The third-order valence-corrected chi connectivity index (χ3v) is 2.63. The molecule has 0 spiro atoms. The van der Waals surface area contributed by atoms with Crippen LogP contribution in [0.4, 0.5) is 0 Å². The van der Waals surface area contributed by atoms with E-state index in [1.165, 1.54) is 0 Å². The maximum absolute atomic E-state index is 12.0. The van der Waals surface area contributed by atoms with Gasteiger partial charge >= 0.3 is 5.97 Å². The smallest absolute Gasteiger partial charge is 0.316 e. The Kier molecular flexibility index (Phi) is 3.16. The molecule has 0 N–H and O–H groups in total. The summed E-state index contributed by atoms with van der Waals surface area (Å²) in [5, 5.41) is 1.00. The van der Waals surface area contributed by atoms with Crippen molar-refractivity contribution >= 4 is 16.9 Å². The van der Waals surface area contributed by atoms with Crippen LogP contribution in [0.1, 0.15) is 39.4 Å². The van der Waals surface area contributed by atoms with Crippen LogP contribution in [0.5, 0.6) is 0 Å². The van der Waals surface area contributed by atoms with Crippen molar-refractivity contribution in [3.63, 3.8) is 0 Å². The fourth-order valence-electron chi connectivity index (χ4n) is 1.72. The lowest BCUT2D eigenvalue weighted by molar-refractivity contribution is -0.156. The molecule has 0 fully saturated rings. The van der Waals surface area contributed by atoms with E-state index in [0.717, 1.165) is 11.0 Å². The van der Waals surface area contributed by atoms with E-state index in [2.05, 4.69) is 0 Å². The van der Waals surface area contributed by atoms with Crippen LogP contribution in [-0.4, -0.2) is 11.6 Å². The van der Waals surface area contributed by atoms with Gasteiger partial charge in [-0.15, -0.1) is 0 Å². The lowest BCUT2D eigenvalue weighted by atomic mass is 10.1. The summed E-state index contributed by atoms with van der Waals surface area (Å²) >= 11 is 0. The second kappa shape index (κ2) is 4.48. The fraction of sp³-hybridized carbons (Fsp3) is 0.400. The lowest BCUT2D eigenvalue weighted by Crippen LogP contribution is -2.26. The molecule has 2 rings (SSSR count). The zero-order chi connectivity index (χ0) is 13.3. The number of benzene rings is 1. The Bertz CT molecular complexity index is 527. The van der Waals surface area contributed by atoms with Crippen LogP contribution in [0.15, 0.2) is 34.7 Å². The predicted molar refractivity (Wildman–Crippen MR) is 70.5 cm³/mol. The molecule has 0 saturated heterocycles. The summed E-state index contributed by atoms with van der Waals surface area (Å²) in [6.07, 6.45) is 0. The average Bonchev–Trinajstić information content (AvgIpc) is 2.68. The van der Waals surface area contributed by atoms with Gasteiger partial charge in [0, 0.05) is 5.39 Å². The molecule has 0 aliphatic carbocycles. The summed E-state index contributed by atoms with van der Waals surface area (Å²) in [4.78, 5) is 12.0. The molecular formula is C15H18O3. The van der Waals surface area contributed by atoms with Crippen molar-refractivity contribution in [2.24, 2.45) is 0 Å². The fourth-order valence-corrected chi connectivity index (χ4v) is 1.72. The molecule has 0 saturated carbocycles. The number of fused-ring (bicyclic) bond motifs is 1. The molecule has 1 atom stereocenters. The highest BCUT2D eigenvalue weighted by Gasteiger charge is 2.25. The van der Waals surface area contributed by atoms with E-state index < -0.39 is 11.5 Å². The molecular weight excluding hydrogens is 228 g/mol. The normalized spacial score (nSPS) is 13.6. The molecule has 1 unspecified atom stereocenters. The first-order valence-corrected chi connectivity index (χ1v) is 6.08. The minimum absolute atomic E-state index is 0.262. The van der Waals surface area contributed by atoms with Crippen LogP contribution in [-0.2, 0) is 9.53 Å². The number of rotatable bonds is 2. The number of hydrogen-bond donors (Lipinski definition) is 0. The van der Waals surface area contributed by atoms with E-state index in [1.807, 2.05) is 51.1 Å². The van der Waals surface area contributed by atoms with Crippen LogP contribution < -0.4 is 0 Å². The minimum atomic E-state index is -0.475. The predicted octanol–water partition coefficient (Wildman–Crippen LogP) is 3.88. The summed E-state index contributed by atoms with van der Waals surface area (Å²) < 4.78 is 11.0. The van der Waals surface area contributed by atoms with E-state index in [0.29, 0.717) is 5.76 Å². The molecule has 96 valence electrons. The molecule has 0 bridgehead atoms. The molecule has 18 heavy (non-hydrogen) atoms. The number of furan rings is 1. The van der Waals surface area contributed by atoms with Crippen LogP contribution in [0, 0.1) is 0 Å². The molecule has 1 aromatic carbocycles. The Labute approximate surface area is 107 Å². The van der Waals surface area contributed by atoms with Crippen LogP contribution in [0.3, 0.4) is 0 Å². The number of carbonyl (C=O) groups is 1. The van der Waals surface area contributed by atoms with Gasteiger partial charge < -0.3 is 9.15 Å². The molecule has 0 amide bonds. The molecule has 1 heterocycles. The zero-order valence-corrected chi connectivity index (χ0v) is 11.2. The van der Waals surface area contributed by atoms with Gasteiger partial charge in [-0.2, -0.15) is 0 Å². The standard InChI is InChI=1S/C15H18O3/c1-10(14(16)18-15(2,3)4)13-9-11-7-5-6-8-12(11)17-13/h5-10H,1-4H3. The first kappa shape index (κ1) is 12.7. The van der Waals surface area contributed by atoms with Crippen LogP contribution in [0.25, 0.3) is 11.0 Å². The van der Waals surface area contributed by atoms with Crippen molar-refractivity contribution in [2.45, 2.75) is 39.2 Å². The van der Waals surface area contributed by atoms with Gasteiger partial charge in [0.25, 0.3) is 0 Å². The summed E-state index contributed by atoms with van der Waals surface area (Å²) in [6.45, 7) is 7.37.